The summed E-state index contributed by atoms with van der Waals surface area (Å²) < 4.78 is 18.5. The van der Waals surface area contributed by atoms with Crippen LogP contribution in [-0.4, -0.2) is 55.4 Å². The second-order valence-corrected chi connectivity index (χ2v) is 9.27. The number of hydrogen-bond acceptors (Lipinski definition) is 7. The summed E-state index contributed by atoms with van der Waals surface area (Å²) in [5, 5.41) is 8.08. The van der Waals surface area contributed by atoms with E-state index in [4.69, 9.17) is 66.0 Å². The molecule has 3 N–H and O–H groups in total. The highest BCUT2D eigenvalue weighted by Crippen LogP contribution is 2.38. The number of esters is 1. The van der Waals surface area contributed by atoms with Crippen LogP contribution in [0, 0.1) is 0 Å². The summed E-state index contributed by atoms with van der Waals surface area (Å²) in [6, 6.07) is 9.39. The van der Waals surface area contributed by atoms with Gasteiger partial charge in [-0.1, -0.05) is 46.9 Å². The van der Waals surface area contributed by atoms with Gasteiger partial charge in [0.1, 0.15) is 6.17 Å². The minimum absolute atomic E-state index is 0.0297. The Kier molecular flexibility index (Phi) is 9.87. The number of ether oxygens (including phenoxy) is 4. The Morgan fingerprint density at radius 1 is 0.941 bits per heavy atom. The van der Waals surface area contributed by atoms with Crippen LogP contribution in [-0.2, 0) is 4.74 Å². The third-order valence-electron chi connectivity index (χ3n) is 4.39. The molecule has 34 heavy (non-hydrogen) atoms. The molecule has 0 aliphatic rings. The average molecular weight is 551 g/mol. The molecule has 2 aromatic carbocycles. The first-order valence-corrected chi connectivity index (χ1v) is 11.0. The Labute approximate surface area is 216 Å². The summed E-state index contributed by atoms with van der Waals surface area (Å²) in [5.74, 6) is -0.350. The van der Waals surface area contributed by atoms with Gasteiger partial charge in [0.2, 0.25) is 9.54 Å². The predicted molar refractivity (Wildman–Crippen MR) is 135 cm³/mol. The summed E-state index contributed by atoms with van der Waals surface area (Å²) in [7, 11) is 5.53. The van der Waals surface area contributed by atoms with Crippen LogP contribution >= 0.6 is 47.0 Å². The molecular formula is C21H22Cl3N3O6S. The van der Waals surface area contributed by atoms with E-state index in [0.717, 1.165) is 0 Å². The molecule has 0 heterocycles. The number of para-hydroxylation sites is 1. The summed E-state index contributed by atoms with van der Waals surface area (Å²) in [4.78, 5) is 24.9. The van der Waals surface area contributed by atoms with Crippen molar-refractivity contribution in [1.82, 2.24) is 10.6 Å². The number of anilines is 1. The van der Waals surface area contributed by atoms with Gasteiger partial charge in [-0.15, -0.1) is 0 Å². The van der Waals surface area contributed by atoms with Gasteiger partial charge in [-0.05, 0) is 36.5 Å². The van der Waals surface area contributed by atoms with Gasteiger partial charge in [0.25, 0.3) is 5.91 Å². The number of benzene rings is 2. The summed E-state index contributed by atoms with van der Waals surface area (Å²) in [6.45, 7) is 0. The van der Waals surface area contributed by atoms with E-state index in [1.807, 2.05) is 0 Å². The minimum Gasteiger partial charge on any atom is -0.493 e. The maximum Gasteiger partial charge on any atom is 0.339 e. The van der Waals surface area contributed by atoms with Crippen LogP contribution in [0.2, 0.25) is 0 Å². The largest absolute Gasteiger partial charge is 0.493 e. The van der Waals surface area contributed by atoms with Crippen LogP contribution in [0.25, 0.3) is 0 Å². The number of hydrogen-bond donors (Lipinski definition) is 3. The van der Waals surface area contributed by atoms with Crippen LogP contribution < -0.4 is 30.2 Å². The predicted octanol–water partition coefficient (Wildman–Crippen LogP) is 3.91. The number of thiocarbonyl (C=S) groups is 1. The van der Waals surface area contributed by atoms with Gasteiger partial charge >= 0.3 is 5.97 Å². The molecule has 0 bridgehead atoms. The zero-order valence-electron chi connectivity index (χ0n) is 18.5. The SMILES string of the molecule is COC(=O)c1ccccc1NC(=S)NC(NC(=O)c1cc(OC)c(OC)c(OC)c1)C(Cl)(Cl)Cl. The van der Waals surface area contributed by atoms with Gasteiger partial charge in [0.15, 0.2) is 16.6 Å². The fourth-order valence-electron chi connectivity index (χ4n) is 2.80. The van der Waals surface area contributed by atoms with Crippen molar-refractivity contribution in [2.24, 2.45) is 0 Å². The van der Waals surface area contributed by atoms with E-state index in [0.29, 0.717) is 11.4 Å². The molecule has 0 aromatic heterocycles. The standard InChI is InChI=1S/C21H22Cl3N3O6S/c1-30-14-9-11(10-15(31-2)16(14)32-3)17(28)26-19(21(22,23)24)27-20(34)25-13-8-6-5-7-12(13)18(29)33-4/h5-10,19H,1-4H3,(H,26,28)(H2,25,27,34). The van der Waals surface area contributed by atoms with Crippen molar-refractivity contribution in [2.75, 3.05) is 33.8 Å². The smallest absolute Gasteiger partial charge is 0.339 e. The Bertz CT molecular complexity index is 1040. The highest BCUT2D eigenvalue weighted by molar-refractivity contribution is 7.80. The highest BCUT2D eigenvalue weighted by atomic mass is 35.6. The van der Waals surface area contributed by atoms with Crippen molar-refractivity contribution >= 4 is 69.7 Å². The number of amides is 1. The number of alkyl halides is 3. The lowest BCUT2D eigenvalue weighted by Gasteiger charge is -2.28. The molecule has 2 aromatic rings. The number of carbonyl (C=O) groups excluding carboxylic acids is 2. The molecule has 0 spiro atoms. The molecule has 0 saturated heterocycles. The van der Waals surface area contributed by atoms with E-state index in [1.54, 1.807) is 24.3 Å². The molecule has 1 atom stereocenters. The zero-order valence-corrected chi connectivity index (χ0v) is 21.6. The molecule has 2 rings (SSSR count). The quantitative estimate of drug-likeness (QED) is 0.195. The van der Waals surface area contributed by atoms with Crippen LogP contribution in [0.15, 0.2) is 36.4 Å². The third-order valence-corrected chi connectivity index (χ3v) is 5.26. The first-order valence-electron chi connectivity index (χ1n) is 9.48. The molecule has 184 valence electrons. The van der Waals surface area contributed by atoms with E-state index in [1.165, 1.54) is 40.6 Å². The van der Waals surface area contributed by atoms with Crippen molar-refractivity contribution in [2.45, 2.75) is 9.96 Å². The molecule has 1 amide bonds. The number of rotatable bonds is 8. The number of methoxy groups -OCH3 is 4. The van der Waals surface area contributed by atoms with Crippen molar-refractivity contribution in [3.63, 3.8) is 0 Å². The Hall–Kier alpha value is -2.66. The lowest BCUT2D eigenvalue weighted by molar-refractivity contribution is 0.0601. The maximum atomic E-state index is 13.0. The monoisotopic (exact) mass is 549 g/mol. The van der Waals surface area contributed by atoms with Gasteiger partial charge in [-0.25, -0.2) is 4.79 Å². The molecule has 13 heteroatoms. The second-order valence-electron chi connectivity index (χ2n) is 6.50. The molecule has 0 saturated carbocycles. The maximum absolute atomic E-state index is 13.0. The Balaban J connectivity index is 2.24. The summed E-state index contributed by atoms with van der Waals surface area (Å²) in [5.41, 5.74) is 0.734. The van der Waals surface area contributed by atoms with Crippen molar-refractivity contribution < 1.29 is 28.5 Å². The zero-order chi connectivity index (χ0) is 25.5. The lowest BCUT2D eigenvalue weighted by atomic mass is 10.1. The van der Waals surface area contributed by atoms with Gasteiger partial charge in [-0.3, -0.25) is 4.79 Å². The molecule has 0 radical (unpaired) electrons. The number of halogens is 3. The van der Waals surface area contributed by atoms with Crippen LogP contribution in [0.1, 0.15) is 20.7 Å². The topological polar surface area (TPSA) is 107 Å². The first-order chi connectivity index (χ1) is 16.0. The molecule has 1 unspecified atom stereocenters. The van der Waals surface area contributed by atoms with E-state index in [9.17, 15) is 9.59 Å². The number of nitrogens with one attached hydrogen (secondary N) is 3. The van der Waals surface area contributed by atoms with Gasteiger partial charge in [0.05, 0.1) is 39.7 Å². The minimum atomic E-state index is -2.01. The van der Waals surface area contributed by atoms with E-state index < -0.39 is 21.8 Å². The summed E-state index contributed by atoms with van der Waals surface area (Å²) >= 11 is 23.5. The fourth-order valence-corrected chi connectivity index (χ4v) is 3.35. The van der Waals surface area contributed by atoms with E-state index in [-0.39, 0.29) is 27.7 Å². The van der Waals surface area contributed by atoms with Crippen molar-refractivity contribution in [3.8, 4) is 17.2 Å². The average Bonchev–Trinajstić information content (AvgIpc) is 2.81. The number of carbonyl (C=O) groups is 2. The summed E-state index contributed by atoms with van der Waals surface area (Å²) in [6.07, 6.45) is -1.27. The van der Waals surface area contributed by atoms with E-state index >= 15 is 0 Å². The molecule has 0 aliphatic heterocycles. The molecule has 0 aliphatic carbocycles. The second kappa shape index (κ2) is 12.2. The van der Waals surface area contributed by atoms with Crippen LogP contribution in [0.3, 0.4) is 0 Å². The van der Waals surface area contributed by atoms with Crippen molar-refractivity contribution in [1.29, 1.82) is 0 Å². The molecule has 0 fully saturated rings. The highest BCUT2D eigenvalue weighted by Gasteiger charge is 2.35. The normalized spacial score (nSPS) is 11.6. The Morgan fingerprint density at radius 3 is 2.03 bits per heavy atom. The third kappa shape index (κ3) is 6.92. The van der Waals surface area contributed by atoms with Gasteiger partial charge < -0.3 is 34.9 Å². The van der Waals surface area contributed by atoms with Gasteiger partial charge in [0, 0.05) is 5.56 Å². The van der Waals surface area contributed by atoms with Gasteiger partial charge in [-0.2, -0.15) is 0 Å². The van der Waals surface area contributed by atoms with Crippen LogP contribution in [0.5, 0.6) is 17.2 Å². The molecule has 9 nitrogen and oxygen atoms in total. The van der Waals surface area contributed by atoms with Crippen LogP contribution in [0.4, 0.5) is 5.69 Å². The first kappa shape index (κ1) is 27.6. The fraction of sp³-hybridized carbons (Fsp3) is 0.286. The van der Waals surface area contributed by atoms with E-state index in [2.05, 4.69) is 16.0 Å². The van der Waals surface area contributed by atoms with Crippen molar-refractivity contribution in [3.05, 3.63) is 47.5 Å². The lowest BCUT2D eigenvalue weighted by Crippen LogP contribution is -2.56. The molecular weight excluding hydrogens is 529 g/mol. The Morgan fingerprint density at radius 2 is 1.53 bits per heavy atom.